The van der Waals surface area contributed by atoms with Crippen LogP contribution in [0.15, 0.2) is 0 Å². The van der Waals surface area contributed by atoms with Crippen LogP contribution in [-0.4, -0.2) is 24.8 Å². The van der Waals surface area contributed by atoms with Crippen LogP contribution in [0.1, 0.15) is 52.9 Å². The molecular formula is C12H25NO. The quantitative estimate of drug-likeness (QED) is 0.680. The van der Waals surface area contributed by atoms with Gasteiger partial charge in [-0.2, -0.15) is 0 Å². The van der Waals surface area contributed by atoms with Gasteiger partial charge >= 0.3 is 0 Å². The van der Waals surface area contributed by atoms with Gasteiger partial charge in [0.2, 0.25) is 0 Å². The summed E-state index contributed by atoms with van der Waals surface area (Å²) >= 11 is 0. The summed E-state index contributed by atoms with van der Waals surface area (Å²) in [6.45, 7) is 7.47. The van der Waals surface area contributed by atoms with Crippen molar-refractivity contribution in [3.8, 4) is 0 Å². The topological polar surface area (TPSA) is 21.3 Å². The van der Waals surface area contributed by atoms with Crippen LogP contribution in [-0.2, 0) is 4.74 Å². The van der Waals surface area contributed by atoms with Crippen molar-refractivity contribution in [1.82, 2.24) is 5.32 Å². The second kappa shape index (κ2) is 6.41. The summed E-state index contributed by atoms with van der Waals surface area (Å²) in [6.07, 6.45) is 6.82. The van der Waals surface area contributed by atoms with Crippen molar-refractivity contribution in [2.24, 2.45) is 0 Å². The molecule has 0 radical (unpaired) electrons. The van der Waals surface area contributed by atoms with Gasteiger partial charge in [0.15, 0.2) is 0 Å². The van der Waals surface area contributed by atoms with E-state index in [1.54, 1.807) is 0 Å². The van der Waals surface area contributed by atoms with E-state index < -0.39 is 0 Å². The Balaban J connectivity index is 2.08. The zero-order valence-electron chi connectivity index (χ0n) is 9.88. The van der Waals surface area contributed by atoms with Crippen molar-refractivity contribution in [2.75, 3.05) is 6.61 Å². The summed E-state index contributed by atoms with van der Waals surface area (Å²) in [5, 5.41) is 3.71. The SMILES string of the molecule is CCCC(CC)NC1CC(OCC)C1. The van der Waals surface area contributed by atoms with Crippen molar-refractivity contribution in [3.63, 3.8) is 0 Å². The van der Waals surface area contributed by atoms with Crippen LogP contribution in [0, 0.1) is 0 Å². The molecule has 1 saturated carbocycles. The summed E-state index contributed by atoms with van der Waals surface area (Å²) in [5.41, 5.74) is 0. The van der Waals surface area contributed by atoms with E-state index in [9.17, 15) is 0 Å². The lowest BCUT2D eigenvalue weighted by atomic mass is 9.88. The van der Waals surface area contributed by atoms with E-state index in [0.717, 1.165) is 18.7 Å². The maximum absolute atomic E-state index is 5.54. The van der Waals surface area contributed by atoms with Crippen molar-refractivity contribution in [2.45, 2.75) is 71.1 Å². The Bertz CT molecular complexity index is 143. The molecule has 0 bridgehead atoms. The van der Waals surface area contributed by atoms with Gasteiger partial charge in [0.1, 0.15) is 0 Å². The second-order valence-electron chi connectivity index (χ2n) is 4.31. The number of nitrogens with one attached hydrogen (secondary N) is 1. The molecule has 1 aliphatic rings. The molecule has 0 aromatic carbocycles. The fraction of sp³-hybridized carbons (Fsp3) is 1.00. The van der Waals surface area contributed by atoms with Gasteiger partial charge in [-0.15, -0.1) is 0 Å². The summed E-state index contributed by atoms with van der Waals surface area (Å²) in [4.78, 5) is 0. The van der Waals surface area contributed by atoms with Crippen LogP contribution in [0.5, 0.6) is 0 Å². The summed E-state index contributed by atoms with van der Waals surface area (Å²) in [5.74, 6) is 0. The number of hydrogen-bond donors (Lipinski definition) is 1. The molecule has 2 heteroatoms. The predicted molar refractivity (Wildman–Crippen MR) is 60.6 cm³/mol. The summed E-state index contributed by atoms with van der Waals surface area (Å²) < 4.78 is 5.54. The predicted octanol–water partition coefficient (Wildman–Crippen LogP) is 2.72. The minimum atomic E-state index is 0.539. The Hall–Kier alpha value is -0.0800. The number of rotatable bonds is 7. The van der Waals surface area contributed by atoms with Crippen molar-refractivity contribution >= 4 is 0 Å². The van der Waals surface area contributed by atoms with Gasteiger partial charge < -0.3 is 10.1 Å². The molecule has 2 nitrogen and oxygen atoms in total. The minimum absolute atomic E-state index is 0.539. The normalized spacial score (nSPS) is 28.5. The Labute approximate surface area is 88.4 Å². The van der Waals surface area contributed by atoms with Crippen molar-refractivity contribution in [1.29, 1.82) is 0 Å². The Morgan fingerprint density at radius 2 is 2.00 bits per heavy atom. The lowest BCUT2D eigenvalue weighted by Gasteiger charge is -2.38. The van der Waals surface area contributed by atoms with E-state index in [4.69, 9.17) is 4.74 Å². The molecule has 84 valence electrons. The van der Waals surface area contributed by atoms with Crippen molar-refractivity contribution < 1.29 is 4.74 Å². The molecule has 1 unspecified atom stereocenters. The standard InChI is InChI=1S/C12H25NO/c1-4-7-10(5-2)13-11-8-12(9-11)14-6-3/h10-13H,4-9H2,1-3H3. The summed E-state index contributed by atoms with van der Waals surface area (Å²) in [7, 11) is 0. The van der Waals surface area contributed by atoms with Gasteiger partial charge in [0, 0.05) is 18.7 Å². The van der Waals surface area contributed by atoms with Crippen molar-refractivity contribution in [3.05, 3.63) is 0 Å². The molecule has 1 N–H and O–H groups in total. The Morgan fingerprint density at radius 1 is 1.29 bits per heavy atom. The molecule has 0 saturated heterocycles. The van der Waals surface area contributed by atoms with Crippen LogP contribution in [0.3, 0.4) is 0 Å². The minimum Gasteiger partial charge on any atom is -0.378 e. The highest BCUT2D eigenvalue weighted by atomic mass is 16.5. The van der Waals surface area contributed by atoms with Gasteiger partial charge in [-0.3, -0.25) is 0 Å². The van der Waals surface area contributed by atoms with Crippen LogP contribution >= 0.6 is 0 Å². The molecule has 1 aliphatic carbocycles. The molecule has 14 heavy (non-hydrogen) atoms. The van der Waals surface area contributed by atoms with E-state index in [0.29, 0.717) is 6.10 Å². The smallest absolute Gasteiger partial charge is 0.0604 e. The van der Waals surface area contributed by atoms with Crippen LogP contribution in [0.2, 0.25) is 0 Å². The summed E-state index contributed by atoms with van der Waals surface area (Å²) in [6, 6.07) is 1.45. The fourth-order valence-electron chi connectivity index (χ4n) is 2.16. The van der Waals surface area contributed by atoms with E-state index in [2.05, 4.69) is 26.1 Å². The van der Waals surface area contributed by atoms with Gasteiger partial charge in [-0.1, -0.05) is 20.3 Å². The Morgan fingerprint density at radius 3 is 2.50 bits per heavy atom. The molecular weight excluding hydrogens is 174 g/mol. The van der Waals surface area contributed by atoms with E-state index in [1.165, 1.54) is 32.1 Å². The molecule has 0 heterocycles. The highest BCUT2D eigenvalue weighted by molar-refractivity contribution is 4.87. The highest BCUT2D eigenvalue weighted by Gasteiger charge is 2.30. The molecule has 0 amide bonds. The second-order valence-corrected chi connectivity index (χ2v) is 4.31. The fourth-order valence-corrected chi connectivity index (χ4v) is 2.16. The van der Waals surface area contributed by atoms with Gasteiger partial charge in [0.05, 0.1) is 6.10 Å². The first-order valence-corrected chi connectivity index (χ1v) is 6.17. The number of hydrogen-bond acceptors (Lipinski definition) is 2. The number of ether oxygens (including phenoxy) is 1. The third-order valence-corrected chi connectivity index (χ3v) is 3.10. The average Bonchev–Trinajstić information content (AvgIpc) is 2.13. The molecule has 0 aliphatic heterocycles. The molecule has 0 aromatic rings. The maximum atomic E-state index is 5.54. The maximum Gasteiger partial charge on any atom is 0.0604 e. The molecule has 1 rings (SSSR count). The lowest BCUT2D eigenvalue weighted by Crippen LogP contribution is -2.49. The third-order valence-electron chi connectivity index (χ3n) is 3.10. The molecule has 0 aromatic heterocycles. The molecule has 1 fully saturated rings. The zero-order valence-corrected chi connectivity index (χ0v) is 9.88. The highest BCUT2D eigenvalue weighted by Crippen LogP contribution is 2.24. The van der Waals surface area contributed by atoms with Crippen LogP contribution in [0.4, 0.5) is 0 Å². The van der Waals surface area contributed by atoms with Gasteiger partial charge in [-0.25, -0.2) is 0 Å². The molecule has 1 atom stereocenters. The van der Waals surface area contributed by atoms with Crippen LogP contribution < -0.4 is 5.32 Å². The molecule has 0 spiro atoms. The lowest BCUT2D eigenvalue weighted by molar-refractivity contribution is -0.0127. The first-order valence-electron chi connectivity index (χ1n) is 6.17. The van der Waals surface area contributed by atoms with E-state index in [1.807, 2.05) is 0 Å². The van der Waals surface area contributed by atoms with Crippen LogP contribution in [0.25, 0.3) is 0 Å². The monoisotopic (exact) mass is 199 g/mol. The van der Waals surface area contributed by atoms with E-state index in [-0.39, 0.29) is 0 Å². The first kappa shape index (κ1) is 12.0. The van der Waals surface area contributed by atoms with Gasteiger partial charge in [0.25, 0.3) is 0 Å². The zero-order chi connectivity index (χ0) is 10.4. The largest absolute Gasteiger partial charge is 0.378 e. The third kappa shape index (κ3) is 3.58. The first-order chi connectivity index (χ1) is 6.80. The van der Waals surface area contributed by atoms with Gasteiger partial charge in [-0.05, 0) is 32.6 Å². The Kier molecular flexibility index (Phi) is 5.49. The average molecular weight is 199 g/mol. The van der Waals surface area contributed by atoms with E-state index >= 15 is 0 Å².